The smallest absolute Gasteiger partial charge is 0.302 e. The number of ketones is 1. The van der Waals surface area contributed by atoms with E-state index >= 15 is 0 Å². The summed E-state index contributed by atoms with van der Waals surface area (Å²) in [4.78, 5) is 21.5. The van der Waals surface area contributed by atoms with E-state index in [1.807, 2.05) is 37.3 Å². The molecule has 1 unspecified atom stereocenters. The molecule has 9 nitrogen and oxygen atoms in total. The topological polar surface area (TPSA) is 103 Å². The van der Waals surface area contributed by atoms with Gasteiger partial charge in [-0.15, -0.1) is 5.10 Å². The first kappa shape index (κ1) is 23.6. The number of benzene rings is 1. The van der Waals surface area contributed by atoms with Gasteiger partial charge in [-0.3, -0.25) is 14.0 Å². The molecule has 0 saturated heterocycles. The normalized spacial score (nSPS) is 11.7. The molecule has 0 aliphatic rings. The number of aryl methyl sites for hydroxylation is 2. The Morgan fingerprint density at radius 2 is 1.89 bits per heavy atom. The van der Waals surface area contributed by atoms with E-state index < -0.39 is 11.4 Å². The Balaban J connectivity index is 1.55. The quantitative estimate of drug-likeness (QED) is 0.261. The van der Waals surface area contributed by atoms with Crippen molar-refractivity contribution in [3.8, 4) is 17.2 Å². The van der Waals surface area contributed by atoms with Crippen LogP contribution in [0, 0.1) is 6.92 Å². The number of anilines is 2. The van der Waals surface area contributed by atoms with E-state index in [2.05, 4.69) is 30.6 Å². The SMILES string of the molecule is CC(=O)c1ccc(-n2cnc3cc(Nc4ccc(C)nn4)ccc32)nc1-c1cc(C(F)(F)P)nn1C. The van der Waals surface area contributed by atoms with Gasteiger partial charge in [0.25, 0.3) is 0 Å². The largest absolute Gasteiger partial charge is 0.339 e. The zero-order valence-corrected chi connectivity index (χ0v) is 20.7. The lowest BCUT2D eigenvalue weighted by Gasteiger charge is -2.11. The van der Waals surface area contributed by atoms with Gasteiger partial charge < -0.3 is 5.32 Å². The monoisotopic (exact) mass is 506 g/mol. The summed E-state index contributed by atoms with van der Waals surface area (Å²) in [6.07, 6.45) is 1.62. The molecule has 182 valence electrons. The van der Waals surface area contributed by atoms with Crippen LogP contribution in [0.3, 0.4) is 0 Å². The fourth-order valence-corrected chi connectivity index (χ4v) is 3.94. The second kappa shape index (κ2) is 8.83. The van der Waals surface area contributed by atoms with Gasteiger partial charge in [-0.1, -0.05) is 9.24 Å². The van der Waals surface area contributed by atoms with Gasteiger partial charge in [0.2, 0.25) is 0 Å². The van der Waals surface area contributed by atoms with Crippen LogP contribution >= 0.6 is 9.24 Å². The zero-order chi connectivity index (χ0) is 25.6. The summed E-state index contributed by atoms with van der Waals surface area (Å²) in [6.45, 7) is 3.27. The lowest BCUT2D eigenvalue weighted by Crippen LogP contribution is -2.06. The van der Waals surface area contributed by atoms with Crippen molar-refractivity contribution >= 4 is 37.6 Å². The summed E-state index contributed by atoms with van der Waals surface area (Å²) in [5.41, 5.74) is 0.294. The van der Waals surface area contributed by atoms with E-state index in [1.165, 1.54) is 34.0 Å². The van der Waals surface area contributed by atoms with Gasteiger partial charge in [-0.2, -0.15) is 19.0 Å². The fraction of sp³-hybridized carbons (Fsp3) is 0.167. The first-order valence-corrected chi connectivity index (χ1v) is 11.5. The van der Waals surface area contributed by atoms with Crippen molar-refractivity contribution in [2.45, 2.75) is 19.5 Å². The number of nitrogens with one attached hydrogen (secondary N) is 1. The molecule has 4 aromatic heterocycles. The van der Waals surface area contributed by atoms with Gasteiger partial charge in [0.15, 0.2) is 11.6 Å². The van der Waals surface area contributed by atoms with Gasteiger partial charge in [0.05, 0.1) is 22.4 Å². The molecule has 4 heterocycles. The number of hydrogen-bond acceptors (Lipinski definition) is 7. The van der Waals surface area contributed by atoms with E-state index in [4.69, 9.17) is 0 Å². The Morgan fingerprint density at radius 3 is 2.56 bits per heavy atom. The minimum Gasteiger partial charge on any atom is -0.339 e. The van der Waals surface area contributed by atoms with E-state index in [0.717, 1.165) is 16.9 Å². The molecule has 0 aliphatic carbocycles. The molecule has 5 rings (SSSR count). The molecule has 0 saturated carbocycles. The first-order chi connectivity index (χ1) is 17.1. The summed E-state index contributed by atoms with van der Waals surface area (Å²) in [7, 11) is 3.01. The van der Waals surface area contributed by atoms with Crippen LogP contribution < -0.4 is 5.32 Å². The summed E-state index contributed by atoms with van der Waals surface area (Å²) >= 11 is 0. The maximum atomic E-state index is 13.9. The highest BCUT2D eigenvalue weighted by Crippen LogP contribution is 2.36. The molecule has 0 spiro atoms. The number of hydrogen-bond donors (Lipinski definition) is 1. The highest BCUT2D eigenvalue weighted by Gasteiger charge is 2.30. The molecule has 1 N–H and O–H groups in total. The minimum absolute atomic E-state index is 0.241. The van der Waals surface area contributed by atoms with Crippen LogP contribution in [0.15, 0.2) is 54.9 Å². The van der Waals surface area contributed by atoms with E-state index in [1.54, 1.807) is 23.0 Å². The molecule has 0 aliphatic heterocycles. The number of carbonyl (C=O) groups excluding carboxylic acids is 1. The number of nitrogens with zero attached hydrogens (tertiary/aromatic N) is 7. The highest BCUT2D eigenvalue weighted by atomic mass is 31.0. The summed E-state index contributed by atoms with van der Waals surface area (Å²) in [5, 5.41) is 15.3. The van der Waals surface area contributed by atoms with Crippen molar-refractivity contribution in [3.63, 3.8) is 0 Å². The number of rotatable bonds is 6. The number of carbonyl (C=O) groups is 1. The van der Waals surface area contributed by atoms with Crippen LogP contribution in [0.2, 0.25) is 0 Å². The van der Waals surface area contributed by atoms with Gasteiger partial charge in [-0.05, 0) is 62.4 Å². The Kier molecular flexibility index (Phi) is 5.80. The molecule has 1 aromatic carbocycles. The van der Waals surface area contributed by atoms with E-state index in [0.29, 0.717) is 28.4 Å². The van der Waals surface area contributed by atoms with E-state index in [-0.39, 0.29) is 11.5 Å². The molecule has 0 radical (unpaired) electrons. The number of alkyl halides is 2. The highest BCUT2D eigenvalue weighted by molar-refractivity contribution is 7.17. The number of pyridine rings is 1. The zero-order valence-electron chi connectivity index (χ0n) is 19.6. The minimum atomic E-state index is -3.21. The van der Waals surface area contributed by atoms with E-state index in [9.17, 15) is 13.6 Å². The van der Waals surface area contributed by atoms with Crippen molar-refractivity contribution < 1.29 is 13.6 Å². The molecule has 12 heteroatoms. The van der Waals surface area contributed by atoms with Crippen molar-refractivity contribution in [2.24, 2.45) is 7.05 Å². The predicted molar refractivity (Wildman–Crippen MR) is 135 cm³/mol. The summed E-state index contributed by atoms with van der Waals surface area (Å²) < 4.78 is 30.8. The van der Waals surface area contributed by atoms with Crippen molar-refractivity contribution in [1.29, 1.82) is 0 Å². The average molecular weight is 506 g/mol. The summed E-state index contributed by atoms with van der Waals surface area (Å²) in [5.74, 6) is 0.843. The number of imidazole rings is 1. The van der Waals surface area contributed by atoms with Gasteiger partial charge >= 0.3 is 5.66 Å². The van der Waals surface area contributed by atoms with Crippen LogP contribution in [0.25, 0.3) is 28.2 Å². The number of fused-ring (bicyclic) bond motifs is 1. The molecule has 0 fully saturated rings. The first-order valence-electron chi connectivity index (χ1n) is 10.9. The predicted octanol–water partition coefficient (Wildman–Crippen LogP) is 4.79. The molecule has 36 heavy (non-hydrogen) atoms. The maximum absolute atomic E-state index is 13.9. The van der Waals surface area contributed by atoms with Gasteiger partial charge in [0.1, 0.15) is 23.5 Å². The van der Waals surface area contributed by atoms with Gasteiger partial charge in [0, 0.05) is 18.3 Å². The molecular formula is C24H21F2N8OP. The second-order valence-electron chi connectivity index (χ2n) is 8.29. The number of aromatic nitrogens is 7. The maximum Gasteiger partial charge on any atom is 0.302 e. The molecule has 1 atom stereocenters. The number of Topliss-reactive ketones (excluding diaryl/α,β-unsaturated/α-hetero) is 1. The third kappa shape index (κ3) is 4.45. The summed E-state index contributed by atoms with van der Waals surface area (Å²) in [6, 6.07) is 13.9. The van der Waals surface area contributed by atoms with Crippen LogP contribution in [0.1, 0.15) is 28.7 Å². The molecule has 0 amide bonds. The van der Waals surface area contributed by atoms with Crippen LogP contribution in [-0.2, 0) is 12.7 Å². The average Bonchev–Trinajstić information content (AvgIpc) is 3.43. The van der Waals surface area contributed by atoms with Crippen LogP contribution in [0.4, 0.5) is 20.3 Å². The third-order valence-corrected chi connectivity index (χ3v) is 5.88. The van der Waals surface area contributed by atoms with Crippen LogP contribution in [-0.4, -0.2) is 40.3 Å². The second-order valence-corrected chi connectivity index (χ2v) is 9.01. The lowest BCUT2D eigenvalue weighted by atomic mass is 10.1. The Hall–Kier alpha value is -4.11. The van der Waals surface area contributed by atoms with Crippen molar-refractivity contribution in [2.75, 3.05) is 5.32 Å². The lowest BCUT2D eigenvalue weighted by molar-refractivity contribution is 0.0978. The van der Waals surface area contributed by atoms with Crippen molar-refractivity contribution in [3.05, 3.63) is 71.8 Å². The number of halogens is 2. The standard InChI is InChI=1S/C24H21F2N8OP/c1-13-4-8-21(31-30-13)28-15-5-7-18-17(10-15)27-12-34(18)22-9-6-16(14(2)35)23(29-22)19-11-20(24(25,26)36)32-33(19)3/h4-12H,36H2,1-3H3,(H,28,31). The third-order valence-electron chi connectivity index (χ3n) is 5.59. The Bertz CT molecular complexity index is 1610. The fourth-order valence-electron chi connectivity index (χ4n) is 3.80. The van der Waals surface area contributed by atoms with Crippen molar-refractivity contribution in [1.82, 2.24) is 34.5 Å². The van der Waals surface area contributed by atoms with Gasteiger partial charge in [-0.25, -0.2) is 9.97 Å². The Labute approximate surface area is 206 Å². The van der Waals surface area contributed by atoms with Crippen LogP contribution in [0.5, 0.6) is 0 Å². The molecule has 5 aromatic rings. The molecule has 0 bridgehead atoms. The Morgan fingerprint density at radius 1 is 1.08 bits per heavy atom. The molecular weight excluding hydrogens is 485 g/mol.